The number of halogens is 2. The Balaban J connectivity index is 1.81. The van der Waals surface area contributed by atoms with Gasteiger partial charge in [-0.3, -0.25) is 25.0 Å². The zero-order valence-electron chi connectivity index (χ0n) is 26.3. The van der Waals surface area contributed by atoms with Crippen LogP contribution in [0.1, 0.15) is 66.0 Å². The highest BCUT2D eigenvalue weighted by molar-refractivity contribution is 6.34. The van der Waals surface area contributed by atoms with E-state index >= 15 is 0 Å². The van der Waals surface area contributed by atoms with Crippen LogP contribution in [-0.4, -0.2) is 58.8 Å². The van der Waals surface area contributed by atoms with Gasteiger partial charge in [0, 0.05) is 28.7 Å². The zero-order chi connectivity index (χ0) is 34.4. The molecule has 1 aliphatic rings. The highest BCUT2D eigenvalue weighted by atomic mass is 35.5. The van der Waals surface area contributed by atoms with Crippen molar-refractivity contribution in [3.05, 3.63) is 58.1 Å². The number of nitrogens with one attached hydrogen (secondary N) is 3. The number of carboxylic acids is 1. The summed E-state index contributed by atoms with van der Waals surface area (Å²) in [6.07, 6.45) is -2.29. The number of guanidine groups is 1. The van der Waals surface area contributed by atoms with Gasteiger partial charge in [-0.25, -0.2) is 14.6 Å². The number of amides is 4. The van der Waals surface area contributed by atoms with E-state index in [4.69, 9.17) is 32.7 Å². The molecule has 1 fully saturated rings. The first-order chi connectivity index (χ1) is 21.3. The van der Waals surface area contributed by atoms with Crippen LogP contribution in [0.2, 0.25) is 10.0 Å². The predicted molar refractivity (Wildman–Crippen MR) is 172 cm³/mol. The Morgan fingerprint density at radius 1 is 0.957 bits per heavy atom. The van der Waals surface area contributed by atoms with E-state index in [9.17, 15) is 29.1 Å². The number of aliphatic imine (C=N–C) groups is 1. The van der Waals surface area contributed by atoms with E-state index in [2.05, 4.69) is 20.9 Å². The monoisotopic (exact) mass is 677 g/mol. The Kier molecular flexibility index (Phi) is 11.6. The number of anilines is 1. The van der Waals surface area contributed by atoms with Crippen LogP contribution >= 0.6 is 23.2 Å². The molecule has 4 amide bonds. The van der Waals surface area contributed by atoms with E-state index in [1.54, 1.807) is 59.7 Å². The molecule has 0 bridgehead atoms. The molecule has 248 valence electrons. The van der Waals surface area contributed by atoms with Crippen LogP contribution in [-0.2, 0) is 23.9 Å². The van der Waals surface area contributed by atoms with Gasteiger partial charge in [-0.15, -0.1) is 0 Å². The molecule has 0 aromatic heterocycles. The smallest absolute Gasteiger partial charge is 0.414 e. The Morgan fingerprint density at radius 2 is 1.52 bits per heavy atom. The minimum absolute atomic E-state index is 0.00705. The van der Waals surface area contributed by atoms with Gasteiger partial charge in [-0.05, 0) is 83.5 Å². The number of benzene rings is 2. The lowest BCUT2D eigenvalue weighted by Crippen LogP contribution is -2.47. The number of ether oxygens (including phenoxy) is 2. The predicted octanol–water partition coefficient (Wildman–Crippen LogP) is 5.72. The van der Waals surface area contributed by atoms with Gasteiger partial charge in [0.2, 0.25) is 17.8 Å². The van der Waals surface area contributed by atoms with E-state index in [1.165, 1.54) is 29.2 Å². The third kappa shape index (κ3) is 11.5. The average Bonchev–Trinajstić information content (AvgIpc) is 3.27. The van der Waals surface area contributed by atoms with Crippen molar-refractivity contribution in [1.82, 2.24) is 16.0 Å². The lowest BCUT2D eigenvalue weighted by molar-refractivity contribution is -0.138. The van der Waals surface area contributed by atoms with Gasteiger partial charge in [0.1, 0.15) is 11.2 Å². The van der Waals surface area contributed by atoms with Gasteiger partial charge in [0.25, 0.3) is 0 Å². The zero-order valence-corrected chi connectivity index (χ0v) is 27.8. The lowest BCUT2D eigenvalue weighted by atomic mass is 10.0. The molecule has 2 atom stereocenters. The molecule has 1 heterocycles. The maximum Gasteiger partial charge on any atom is 0.414 e. The number of carbonyl (C=O) groups excluding carboxylic acids is 4. The number of hydrogen-bond acceptors (Lipinski definition) is 8. The Labute approximate surface area is 276 Å². The number of hydrogen-bond donors (Lipinski definition) is 4. The van der Waals surface area contributed by atoms with Crippen LogP contribution in [0.4, 0.5) is 21.0 Å². The molecular weight excluding hydrogens is 641 g/mol. The van der Waals surface area contributed by atoms with Crippen molar-refractivity contribution in [1.29, 1.82) is 0 Å². The maximum absolute atomic E-state index is 13.2. The van der Waals surface area contributed by atoms with Gasteiger partial charge < -0.3 is 24.8 Å². The maximum atomic E-state index is 13.2. The molecule has 15 heteroatoms. The van der Waals surface area contributed by atoms with Crippen molar-refractivity contribution in [2.45, 2.75) is 71.6 Å². The molecular formula is C31H37Cl2N5O8. The molecule has 46 heavy (non-hydrogen) atoms. The first-order valence-electron chi connectivity index (χ1n) is 14.3. The van der Waals surface area contributed by atoms with Crippen LogP contribution in [0.3, 0.4) is 0 Å². The van der Waals surface area contributed by atoms with Gasteiger partial charge in [-0.1, -0.05) is 29.3 Å². The number of aliphatic carboxylic acids is 1. The molecule has 13 nitrogen and oxygen atoms in total. The van der Waals surface area contributed by atoms with Gasteiger partial charge in [-0.2, -0.15) is 0 Å². The second kappa shape index (κ2) is 14.8. The SMILES string of the molecule is CC(C)(C)OC(=O)NC(=Nc1cccc(N2CC(C(=O)NC(CC(=O)O)c3cc(Cl)cc(Cl)c3)CC2=O)c1)NC(=O)OC(C)(C)C. The molecule has 3 rings (SSSR count). The largest absolute Gasteiger partial charge is 0.481 e. The normalized spacial score (nSPS) is 15.4. The molecule has 0 radical (unpaired) electrons. The molecule has 2 unspecified atom stereocenters. The molecule has 2 aromatic carbocycles. The van der Waals surface area contributed by atoms with Crippen LogP contribution in [0.15, 0.2) is 47.5 Å². The van der Waals surface area contributed by atoms with Gasteiger partial charge in [0.05, 0.1) is 24.1 Å². The van der Waals surface area contributed by atoms with Crippen molar-refractivity contribution >= 4 is 70.5 Å². The second-order valence-corrected chi connectivity index (χ2v) is 13.4. The summed E-state index contributed by atoms with van der Waals surface area (Å²) in [7, 11) is 0. The summed E-state index contributed by atoms with van der Waals surface area (Å²) in [5.41, 5.74) is -0.585. The van der Waals surface area contributed by atoms with Crippen molar-refractivity contribution in [3.63, 3.8) is 0 Å². The molecule has 0 aliphatic carbocycles. The van der Waals surface area contributed by atoms with Crippen molar-refractivity contribution in [2.75, 3.05) is 11.4 Å². The van der Waals surface area contributed by atoms with Crippen LogP contribution in [0.5, 0.6) is 0 Å². The van der Waals surface area contributed by atoms with Crippen LogP contribution in [0.25, 0.3) is 0 Å². The minimum atomic E-state index is -1.15. The minimum Gasteiger partial charge on any atom is -0.481 e. The molecule has 1 saturated heterocycles. The van der Waals surface area contributed by atoms with Crippen molar-refractivity contribution < 1.29 is 38.6 Å². The number of nitrogens with zero attached hydrogens (tertiary/aromatic N) is 2. The molecule has 2 aromatic rings. The lowest BCUT2D eigenvalue weighted by Gasteiger charge is -2.22. The summed E-state index contributed by atoms with van der Waals surface area (Å²) in [6.45, 7) is 10.1. The van der Waals surface area contributed by atoms with E-state index < -0.39 is 53.6 Å². The fraction of sp³-hybridized carbons (Fsp3) is 0.419. The fourth-order valence-corrected chi connectivity index (χ4v) is 4.92. The van der Waals surface area contributed by atoms with E-state index in [-0.39, 0.29) is 40.6 Å². The second-order valence-electron chi connectivity index (χ2n) is 12.5. The van der Waals surface area contributed by atoms with E-state index in [0.717, 1.165) is 0 Å². The molecule has 4 N–H and O–H groups in total. The third-order valence-corrected chi connectivity index (χ3v) is 6.54. The van der Waals surface area contributed by atoms with Gasteiger partial charge >= 0.3 is 18.2 Å². The highest BCUT2D eigenvalue weighted by Crippen LogP contribution is 2.30. The standard InChI is InChI=1S/C31H37Cl2N5O8/c1-30(2,3)45-28(43)36-27(37-29(44)46-31(4,5)6)34-21-8-7-9-22(14-21)38-16-18(12-24(38)39)26(42)35-23(15-25(40)41)17-10-19(32)13-20(33)11-17/h7-11,13-14,18,23H,12,15-16H2,1-6H3,(H,35,42)(H,40,41)(H2,34,36,37,43,44). The van der Waals surface area contributed by atoms with Crippen LogP contribution < -0.4 is 20.9 Å². The summed E-state index contributed by atoms with van der Waals surface area (Å²) in [4.78, 5) is 68.5. The van der Waals surface area contributed by atoms with Crippen LogP contribution in [0, 0.1) is 5.92 Å². The quantitative estimate of drug-likeness (QED) is 0.213. The number of carbonyl (C=O) groups is 5. The topological polar surface area (TPSA) is 176 Å². The summed E-state index contributed by atoms with van der Waals surface area (Å²) in [5.74, 6) is -3.08. The molecule has 0 saturated carbocycles. The first kappa shape index (κ1) is 36.1. The third-order valence-electron chi connectivity index (χ3n) is 6.10. The molecule has 1 aliphatic heterocycles. The van der Waals surface area contributed by atoms with E-state index in [1.807, 2.05) is 0 Å². The summed E-state index contributed by atoms with van der Waals surface area (Å²) in [6, 6.07) is 9.95. The Hall–Kier alpha value is -4.36. The van der Waals surface area contributed by atoms with Gasteiger partial charge in [0.15, 0.2) is 0 Å². The van der Waals surface area contributed by atoms with E-state index in [0.29, 0.717) is 11.3 Å². The number of rotatable bonds is 7. The summed E-state index contributed by atoms with van der Waals surface area (Å²) >= 11 is 12.2. The Bertz CT molecular complexity index is 1480. The summed E-state index contributed by atoms with van der Waals surface area (Å²) < 4.78 is 10.5. The number of alkyl carbamates (subject to hydrolysis) is 2. The highest BCUT2D eigenvalue weighted by Gasteiger charge is 2.36. The Morgan fingerprint density at radius 3 is 2.04 bits per heavy atom. The fourth-order valence-electron chi connectivity index (χ4n) is 4.37. The molecule has 0 spiro atoms. The summed E-state index contributed by atoms with van der Waals surface area (Å²) in [5, 5.41) is 17.5. The van der Waals surface area contributed by atoms with Crippen molar-refractivity contribution in [3.8, 4) is 0 Å². The first-order valence-corrected chi connectivity index (χ1v) is 15.0. The average molecular weight is 679 g/mol. The number of carboxylic acid groups (broad SMARTS) is 1. The van der Waals surface area contributed by atoms with Crippen molar-refractivity contribution in [2.24, 2.45) is 10.9 Å².